The number of hydrogen-bond donors (Lipinski definition) is 3. The molecule has 3 N–H and O–H groups in total. The van der Waals surface area contributed by atoms with E-state index in [-0.39, 0.29) is 30.0 Å². The van der Waals surface area contributed by atoms with Gasteiger partial charge in [-0.2, -0.15) is 0 Å². The fourth-order valence-electron chi connectivity index (χ4n) is 6.31. The van der Waals surface area contributed by atoms with E-state index in [0.29, 0.717) is 49.9 Å². The van der Waals surface area contributed by atoms with E-state index in [2.05, 4.69) is 10.6 Å². The Labute approximate surface area is 234 Å². The summed E-state index contributed by atoms with van der Waals surface area (Å²) in [6.45, 7) is 2.15. The van der Waals surface area contributed by atoms with Gasteiger partial charge in [0.1, 0.15) is 17.2 Å². The minimum Gasteiger partial charge on any atom is -0.465 e. The molecular formula is C30H42FN3O6. The Bertz CT molecular complexity index is 1180. The third-order valence-electron chi connectivity index (χ3n) is 8.28. The molecule has 0 aromatic heterocycles. The fourth-order valence-corrected chi connectivity index (χ4v) is 6.31. The summed E-state index contributed by atoms with van der Waals surface area (Å²) in [5.41, 5.74) is 0.00612. The molecule has 10 heteroatoms. The molecule has 40 heavy (non-hydrogen) atoms. The van der Waals surface area contributed by atoms with Crippen LogP contribution in [0, 0.1) is 17.7 Å². The molecule has 0 spiro atoms. The van der Waals surface area contributed by atoms with Crippen LogP contribution in [0.15, 0.2) is 33.9 Å². The zero-order chi connectivity index (χ0) is 28.5. The number of halogens is 1. The summed E-state index contributed by atoms with van der Waals surface area (Å²) in [6, 6.07) is 6.32. The van der Waals surface area contributed by atoms with Gasteiger partial charge in [0.25, 0.3) is 10.9 Å². The minimum atomic E-state index is -1.12. The lowest BCUT2D eigenvalue weighted by Gasteiger charge is -2.39. The van der Waals surface area contributed by atoms with Crippen LogP contribution in [0.2, 0.25) is 0 Å². The lowest BCUT2D eigenvalue weighted by Crippen LogP contribution is -2.49. The van der Waals surface area contributed by atoms with Gasteiger partial charge in [-0.25, -0.2) is 9.18 Å². The minimum absolute atomic E-state index is 0.0860. The third-order valence-corrected chi connectivity index (χ3v) is 8.28. The number of ether oxygens (including phenoxy) is 2. The van der Waals surface area contributed by atoms with Crippen LogP contribution in [-0.4, -0.2) is 57.2 Å². The topological polar surface area (TPSA) is 117 Å². The Kier molecular flexibility index (Phi) is 10.9. The number of hydrogen-bond acceptors (Lipinski definition) is 7. The van der Waals surface area contributed by atoms with Crippen molar-refractivity contribution in [3.8, 4) is 0 Å². The van der Waals surface area contributed by atoms with Gasteiger partial charge < -0.3 is 30.1 Å². The van der Waals surface area contributed by atoms with E-state index in [1.54, 1.807) is 25.3 Å². The Hall–Kier alpha value is -2.98. The highest BCUT2D eigenvalue weighted by atomic mass is 19.1. The zero-order valence-corrected chi connectivity index (χ0v) is 23.3. The van der Waals surface area contributed by atoms with Crippen LogP contribution in [-0.2, 0) is 9.47 Å². The number of benzene rings is 1. The van der Waals surface area contributed by atoms with Gasteiger partial charge in [0.2, 0.25) is 0 Å². The number of anilines is 2. The molecule has 4 rings (SSSR count). The first-order valence-corrected chi connectivity index (χ1v) is 14.6. The summed E-state index contributed by atoms with van der Waals surface area (Å²) < 4.78 is 26.2. The van der Waals surface area contributed by atoms with Crippen LogP contribution in [0.3, 0.4) is 0 Å². The number of methoxy groups -OCH3 is 1. The van der Waals surface area contributed by atoms with Crippen molar-refractivity contribution in [3.05, 3.63) is 56.1 Å². The Morgan fingerprint density at radius 2 is 1.88 bits per heavy atom. The monoisotopic (exact) mass is 559 g/mol. The largest absolute Gasteiger partial charge is 0.465 e. The molecule has 2 aliphatic rings. The van der Waals surface area contributed by atoms with Gasteiger partial charge >= 0.3 is 6.09 Å². The fraction of sp³-hybridized carbons (Fsp3) is 0.633. The number of carboxylic acid groups (broad SMARTS) is 1. The summed E-state index contributed by atoms with van der Waals surface area (Å²) in [5.74, 6) is 0.0365. The van der Waals surface area contributed by atoms with Crippen LogP contribution in [0.1, 0.15) is 69.5 Å². The highest BCUT2D eigenvalue weighted by Gasteiger charge is 2.35. The first kappa shape index (κ1) is 30.0. The molecule has 1 saturated heterocycles. The summed E-state index contributed by atoms with van der Waals surface area (Å²) in [4.78, 5) is 38.7. The molecule has 2 fully saturated rings. The van der Waals surface area contributed by atoms with Crippen molar-refractivity contribution in [1.29, 1.82) is 0 Å². The molecule has 0 bridgehead atoms. The lowest BCUT2D eigenvalue weighted by atomic mass is 9.84. The molecule has 2 aromatic carbocycles. The summed E-state index contributed by atoms with van der Waals surface area (Å²) in [6.07, 6.45) is 7.03. The number of nitrogens with one attached hydrogen (secondary N) is 2. The molecule has 1 aliphatic heterocycles. The molecule has 3 atom stereocenters. The zero-order valence-electron chi connectivity index (χ0n) is 23.3. The van der Waals surface area contributed by atoms with E-state index in [1.165, 1.54) is 12.5 Å². The number of rotatable bonds is 14. The SMILES string of the molecule is COCCCOC(c1ccccc1F)C1CCCN(c2c(NC(CNC(=O)O)CC3CCCCC3)c(=O)c2=O)C1. The van der Waals surface area contributed by atoms with Gasteiger partial charge in [0.05, 0.1) is 6.10 Å². The predicted octanol–water partition coefficient (Wildman–Crippen LogP) is 4.45. The van der Waals surface area contributed by atoms with E-state index in [9.17, 15) is 23.9 Å². The van der Waals surface area contributed by atoms with Crippen LogP contribution < -0.4 is 26.4 Å². The van der Waals surface area contributed by atoms with Crippen LogP contribution in [0.4, 0.5) is 20.6 Å². The third kappa shape index (κ3) is 7.60. The molecule has 2 aromatic rings. The first-order valence-electron chi connectivity index (χ1n) is 14.6. The van der Waals surface area contributed by atoms with E-state index in [4.69, 9.17) is 9.47 Å². The quantitative estimate of drug-likeness (QED) is 0.230. The van der Waals surface area contributed by atoms with Crippen molar-refractivity contribution in [1.82, 2.24) is 5.32 Å². The lowest BCUT2D eigenvalue weighted by molar-refractivity contribution is -0.00433. The highest BCUT2D eigenvalue weighted by Crippen LogP contribution is 2.37. The molecule has 1 aliphatic carbocycles. The van der Waals surface area contributed by atoms with Crippen molar-refractivity contribution in [3.63, 3.8) is 0 Å². The van der Waals surface area contributed by atoms with Crippen molar-refractivity contribution in [2.24, 2.45) is 11.8 Å². The van der Waals surface area contributed by atoms with Gasteiger partial charge in [-0.15, -0.1) is 0 Å². The molecule has 3 unspecified atom stereocenters. The van der Waals surface area contributed by atoms with Gasteiger partial charge in [-0.05, 0) is 37.7 Å². The van der Waals surface area contributed by atoms with Gasteiger partial charge in [-0.3, -0.25) is 9.59 Å². The molecule has 220 valence electrons. The van der Waals surface area contributed by atoms with Crippen LogP contribution in [0.25, 0.3) is 0 Å². The Balaban J connectivity index is 1.51. The summed E-state index contributed by atoms with van der Waals surface area (Å²) in [7, 11) is 1.63. The van der Waals surface area contributed by atoms with Gasteiger partial charge in [0, 0.05) is 57.5 Å². The second-order valence-electron chi connectivity index (χ2n) is 11.2. The summed E-state index contributed by atoms with van der Waals surface area (Å²) in [5, 5.41) is 14.9. The van der Waals surface area contributed by atoms with E-state index in [1.807, 2.05) is 4.90 Å². The van der Waals surface area contributed by atoms with Crippen molar-refractivity contribution >= 4 is 17.5 Å². The normalized spacial score (nSPS) is 19.9. The second-order valence-corrected chi connectivity index (χ2v) is 11.2. The smallest absolute Gasteiger partial charge is 0.404 e. The Morgan fingerprint density at radius 1 is 1.10 bits per heavy atom. The molecule has 1 amide bonds. The average molecular weight is 560 g/mol. The standard InChI is InChI=1S/C30H42FN3O6/c1-39-15-8-16-40-29(23-12-5-6-13-24(23)31)21-11-7-14-34(19-21)26-25(27(35)28(26)36)33-22(18-32-30(37)38)17-20-9-3-2-4-10-20/h5-6,12-13,20-22,29,32-33H,2-4,7-11,14-19H2,1H3,(H,37,38). The van der Waals surface area contributed by atoms with Gasteiger partial charge in [0.15, 0.2) is 0 Å². The van der Waals surface area contributed by atoms with E-state index >= 15 is 0 Å². The maximum absolute atomic E-state index is 14.9. The van der Waals surface area contributed by atoms with Crippen molar-refractivity contribution < 1.29 is 23.8 Å². The Morgan fingerprint density at radius 3 is 2.60 bits per heavy atom. The average Bonchev–Trinajstić information content (AvgIpc) is 2.96. The number of nitrogens with zero attached hydrogens (tertiary/aromatic N) is 1. The van der Waals surface area contributed by atoms with Gasteiger partial charge in [-0.1, -0.05) is 50.3 Å². The molecular weight excluding hydrogens is 517 g/mol. The highest BCUT2D eigenvalue weighted by molar-refractivity contribution is 5.76. The molecule has 0 radical (unpaired) electrons. The number of carbonyl (C=O) groups is 1. The summed E-state index contributed by atoms with van der Waals surface area (Å²) >= 11 is 0. The second kappa shape index (κ2) is 14.6. The van der Waals surface area contributed by atoms with E-state index in [0.717, 1.165) is 44.9 Å². The maximum Gasteiger partial charge on any atom is 0.404 e. The maximum atomic E-state index is 14.9. The van der Waals surface area contributed by atoms with Crippen LogP contribution >= 0.6 is 0 Å². The first-order chi connectivity index (χ1) is 19.4. The van der Waals surface area contributed by atoms with Crippen molar-refractivity contribution in [2.75, 3.05) is 50.2 Å². The number of amides is 1. The van der Waals surface area contributed by atoms with E-state index < -0.39 is 23.1 Å². The molecule has 9 nitrogen and oxygen atoms in total. The molecule has 1 saturated carbocycles. The number of piperidine rings is 1. The van der Waals surface area contributed by atoms with Crippen LogP contribution in [0.5, 0.6) is 0 Å². The van der Waals surface area contributed by atoms with Crippen molar-refractivity contribution in [2.45, 2.75) is 69.9 Å². The molecule has 1 heterocycles. The predicted molar refractivity (Wildman–Crippen MR) is 153 cm³/mol.